The molecule has 0 aliphatic carbocycles. The molecule has 0 atom stereocenters. The van der Waals surface area contributed by atoms with Crippen LogP contribution in [0.4, 0.5) is 0 Å². The van der Waals surface area contributed by atoms with Gasteiger partial charge in [-0.3, -0.25) is 9.59 Å². The number of carbonyl (C=O) groups excluding carboxylic acids is 2. The van der Waals surface area contributed by atoms with Crippen molar-refractivity contribution in [3.63, 3.8) is 0 Å². The highest BCUT2D eigenvalue weighted by Gasteiger charge is 2.25. The minimum Gasteiger partial charge on any atom is -0.497 e. The van der Waals surface area contributed by atoms with Gasteiger partial charge in [0.05, 0.1) is 13.7 Å². The Hall–Kier alpha value is -3.42. The first-order valence-electron chi connectivity index (χ1n) is 9.70. The molecule has 8 heteroatoms. The van der Waals surface area contributed by atoms with Gasteiger partial charge in [-0.05, 0) is 43.5 Å². The number of benzene rings is 1. The summed E-state index contributed by atoms with van der Waals surface area (Å²) in [4.78, 5) is 38.8. The Bertz CT molecular complexity index is 1040. The highest BCUT2D eigenvalue weighted by Crippen LogP contribution is 2.21. The van der Waals surface area contributed by atoms with E-state index in [2.05, 4.69) is 20.3 Å². The van der Waals surface area contributed by atoms with Crippen molar-refractivity contribution in [3.05, 3.63) is 53.7 Å². The average Bonchev–Trinajstić information content (AvgIpc) is 3.19. The zero-order valence-corrected chi connectivity index (χ0v) is 16.3. The lowest BCUT2D eigenvalue weighted by Crippen LogP contribution is -2.38. The first-order chi connectivity index (χ1) is 14.2. The van der Waals surface area contributed by atoms with E-state index in [-0.39, 0.29) is 23.8 Å². The smallest absolute Gasteiger partial charge is 0.274 e. The molecule has 1 saturated heterocycles. The first kappa shape index (κ1) is 18.9. The lowest BCUT2D eigenvalue weighted by molar-refractivity contribution is 0.0711. The van der Waals surface area contributed by atoms with Crippen molar-refractivity contribution in [2.24, 2.45) is 0 Å². The van der Waals surface area contributed by atoms with Crippen LogP contribution in [0.1, 0.15) is 45.9 Å². The number of aromatic amines is 1. The van der Waals surface area contributed by atoms with Crippen LogP contribution >= 0.6 is 0 Å². The summed E-state index contributed by atoms with van der Waals surface area (Å²) in [5.74, 6) is 0.114. The third-order valence-electron chi connectivity index (χ3n) is 5.08. The Kier molecular flexibility index (Phi) is 5.41. The van der Waals surface area contributed by atoms with Crippen LogP contribution in [0, 0.1) is 0 Å². The van der Waals surface area contributed by atoms with Crippen molar-refractivity contribution >= 4 is 22.7 Å². The second kappa shape index (κ2) is 8.30. The summed E-state index contributed by atoms with van der Waals surface area (Å²) < 4.78 is 5.24. The molecule has 0 bridgehead atoms. The molecule has 0 spiro atoms. The van der Waals surface area contributed by atoms with Crippen molar-refractivity contribution in [1.82, 2.24) is 25.2 Å². The molecule has 8 nitrogen and oxygen atoms in total. The van der Waals surface area contributed by atoms with Gasteiger partial charge in [-0.25, -0.2) is 9.97 Å². The standard InChI is InChI=1S/C21H23N5O3/c1-29-16-5-6-17-14(12-16)11-15(25-17)13-24-20(27)18-19(23-8-7-22-18)21(28)26-9-3-2-4-10-26/h5-8,11-12,25H,2-4,9-10,13H2,1H3,(H,24,27). The molecule has 0 radical (unpaired) electrons. The Morgan fingerprint density at radius 2 is 1.86 bits per heavy atom. The predicted octanol–water partition coefficient (Wildman–Crippen LogP) is 2.52. The van der Waals surface area contributed by atoms with Gasteiger partial charge in [-0.1, -0.05) is 0 Å². The maximum Gasteiger partial charge on any atom is 0.274 e. The number of carbonyl (C=O) groups is 2. The monoisotopic (exact) mass is 393 g/mol. The Labute approximate surface area is 168 Å². The summed E-state index contributed by atoms with van der Waals surface area (Å²) >= 11 is 0. The van der Waals surface area contributed by atoms with Crippen LogP contribution in [0.15, 0.2) is 36.7 Å². The van der Waals surface area contributed by atoms with Crippen LogP contribution in [0.3, 0.4) is 0 Å². The van der Waals surface area contributed by atoms with E-state index in [1.807, 2.05) is 24.3 Å². The molecular weight excluding hydrogens is 370 g/mol. The number of hydrogen-bond donors (Lipinski definition) is 2. The van der Waals surface area contributed by atoms with E-state index >= 15 is 0 Å². The van der Waals surface area contributed by atoms with E-state index in [9.17, 15) is 9.59 Å². The number of fused-ring (bicyclic) bond motifs is 1. The van der Waals surface area contributed by atoms with E-state index in [0.29, 0.717) is 13.1 Å². The summed E-state index contributed by atoms with van der Waals surface area (Å²) in [6.07, 6.45) is 5.93. The summed E-state index contributed by atoms with van der Waals surface area (Å²) in [5.41, 5.74) is 1.96. The van der Waals surface area contributed by atoms with E-state index < -0.39 is 5.91 Å². The van der Waals surface area contributed by atoms with Gasteiger partial charge in [0, 0.05) is 42.1 Å². The Balaban J connectivity index is 1.48. The maximum atomic E-state index is 12.8. The Morgan fingerprint density at radius 3 is 2.62 bits per heavy atom. The first-order valence-corrected chi connectivity index (χ1v) is 9.70. The number of nitrogens with one attached hydrogen (secondary N) is 2. The maximum absolute atomic E-state index is 12.8. The number of hydrogen-bond acceptors (Lipinski definition) is 5. The van der Waals surface area contributed by atoms with Crippen molar-refractivity contribution in [2.75, 3.05) is 20.2 Å². The molecule has 29 heavy (non-hydrogen) atoms. The lowest BCUT2D eigenvalue weighted by atomic mass is 10.1. The van der Waals surface area contributed by atoms with Crippen molar-refractivity contribution in [1.29, 1.82) is 0 Å². The SMILES string of the molecule is COc1ccc2[nH]c(CNC(=O)c3nccnc3C(=O)N3CCCCC3)cc2c1. The molecule has 1 fully saturated rings. The molecule has 1 aromatic carbocycles. The van der Waals surface area contributed by atoms with Gasteiger partial charge in [-0.15, -0.1) is 0 Å². The van der Waals surface area contributed by atoms with E-state index in [4.69, 9.17) is 4.74 Å². The van der Waals surface area contributed by atoms with Crippen LogP contribution in [0.5, 0.6) is 5.75 Å². The van der Waals surface area contributed by atoms with Crippen molar-refractivity contribution < 1.29 is 14.3 Å². The third-order valence-corrected chi connectivity index (χ3v) is 5.08. The number of H-pyrrole nitrogens is 1. The fourth-order valence-electron chi connectivity index (χ4n) is 3.56. The van der Waals surface area contributed by atoms with Crippen molar-refractivity contribution in [3.8, 4) is 5.75 Å². The van der Waals surface area contributed by atoms with E-state index in [0.717, 1.165) is 41.6 Å². The van der Waals surface area contributed by atoms with Crippen LogP contribution in [-0.4, -0.2) is 51.9 Å². The topological polar surface area (TPSA) is 100 Å². The molecule has 1 aliphatic heterocycles. The van der Waals surface area contributed by atoms with Gasteiger partial charge in [0.1, 0.15) is 5.75 Å². The third kappa shape index (κ3) is 4.06. The Morgan fingerprint density at radius 1 is 1.10 bits per heavy atom. The van der Waals surface area contributed by atoms with Crippen LogP contribution in [-0.2, 0) is 6.54 Å². The fourth-order valence-corrected chi connectivity index (χ4v) is 3.56. The van der Waals surface area contributed by atoms with Gasteiger partial charge in [0.15, 0.2) is 11.4 Å². The molecule has 2 N–H and O–H groups in total. The van der Waals surface area contributed by atoms with E-state index in [1.165, 1.54) is 12.4 Å². The number of amides is 2. The largest absolute Gasteiger partial charge is 0.497 e. The van der Waals surface area contributed by atoms with Crippen LogP contribution in [0.25, 0.3) is 10.9 Å². The number of aromatic nitrogens is 3. The molecule has 2 amide bonds. The number of likely N-dealkylation sites (tertiary alicyclic amines) is 1. The molecule has 4 rings (SSSR count). The lowest BCUT2D eigenvalue weighted by Gasteiger charge is -2.26. The minimum absolute atomic E-state index is 0.0563. The second-order valence-electron chi connectivity index (χ2n) is 7.04. The van der Waals surface area contributed by atoms with E-state index in [1.54, 1.807) is 12.0 Å². The van der Waals surface area contributed by atoms with Gasteiger partial charge in [0.25, 0.3) is 11.8 Å². The summed E-state index contributed by atoms with van der Waals surface area (Å²) in [6.45, 7) is 1.66. The molecule has 2 aromatic heterocycles. The molecule has 3 aromatic rings. The van der Waals surface area contributed by atoms with Gasteiger partial charge >= 0.3 is 0 Å². The van der Waals surface area contributed by atoms with Gasteiger partial charge < -0.3 is 19.9 Å². The number of methoxy groups -OCH3 is 1. The quantitative estimate of drug-likeness (QED) is 0.694. The number of ether oxygens (including phenoxy) is 1. The predicted molar refractivity (Wildman–Crippen MR) is 108 cm³/mol. The fraction of sp³-hybridized carbons (Fsp3) is 0.333. The van der Waals surface area contributed by atoms with Crippen LogP contribution < -0.4 is 10.1 Å². The average molecular weight is 393 g/mol. The summed E-state index contributed by atoms with van der Waals surface area (Å²) in [7, 11) is 1.62. The molecule has 1 aliphatic rings. The molecule has 150 valence electrons. The number of rotatable bonds is 5. The number of nitrogens with zero attached hydrogens (tertiary/aromatic N) is 3. The highest BCUT2D eigenvalue weighted by atomic mass is 16.5. The second-order valence-corrected chi connectivity index (χ2v) is 7.04. The van der Waals surface area contributed by atoms with Gasteiger partial charge in [0.2, 0.25) is 0 Å². The number of piperidine rings is 1. The summed E-state index contributed by atoms with van der Waals surface area (Å²) in [6, 6.07) is 7.68. The molecule has 3 heterocycles. The zero-order valence-electron chi connectivity index (χ0n) is 16.3. The molecule has 0 saturated carbocycles. The molecular formula is C21H23N5O3. The highest BCUT2D eigenvalue weighted by molar-refractivity contribution is 6.04. The molecule has 0 unspecified atom stereocenters. The van der Waals surface area contributed by atoms with Gasteiger partial charge in [-0.2, -0.15) is 0 Å². The minimum atomic E-state index is -0.422. The van der Waals surface area contributed by atoms with Crippen LogP contribution in [0.2, 0.25) is 0 Å². The zero-order chi connectivity index (χ0) is 20.2. The summed E-state index contributed by atoms with van der Waals surface area (Å²) in [5, 5.41) is 3.82. The normalized spacial score (nSPS) is 14.0. The van der Waals surface area contributed by atoms with Crippen molar-refractivity contribution in [2.45, 2.75) is 25.8 Å².